The monoisotopic (exact) mass is 353 g/mol. The van der Waals surface area contributed by atoms with E-state index in [0.29, 0.717) is 28.5 Å². The molecule has 0 aliphatic carbocycles. The second kappa shape index (κ2) is 6.96. The van der Waals surface area contributed by atoms with Crippen LogP contribution in [0.1, 0.15) is 17.5 Å². The molecule has 1 N–H and O–H groups in total. The average molecular weight is 354 g/mol. The summed E-state index contributed by atoms with van der Waals surface area (Å²) < 4.78 is 0. The second-order valence-electron chi connectivity index (χ2n) is 6.02. The number of rotatable bonds is 3. The molecule has 1 atom stereocenters. The van der Waals surface area contributed by atoms with Crippen molar-refractivity contribution >= 4 is 34.8 Å². The van der Waals surface area contributed by atoms with Crippen molar-refractivity contribution < 1.29 is 9.59 Å². The van der Waals surface area contributed by atoms with E-state index in [9.17, 15) is 9.59 Å². The predicted molar refractivity (Wildman–Crippen MR) is 96.4 cm³/mol. The fourth-order valence-electron chi connectivity index (χ4n) is 2.76. The summed E-state index contributed by atoms with van der Waals surface area (Å²) in [4.78, 5) is 26.3. The summed E-state index contributed by atoms with van der Waals surface area (Å²) in [5, 5.41) is 12.2. The molecule has 2 aromatic rings. The zero-order valence-electron chi connectivity index (χ0n) is 13.6. The Labute approximate surface area is 150 Å². The molecule has 0 aromatic heterocycles. The minimum absolute atomic E-state index is 0.105. The third kappa shape index (κ3) is 3.65. The van der Waals surface area contributed by atoms with Crippen LogP contribution in [0.25, 0.3) is 0 Å². The number of carbonyl (C=O) groups excluding carboxylic acids is 2. The number of hydrogen-bond donors (Lipinski definition) is 1. The molecule has 1 unspecified atom stereocenters. The molecule has 1 aliphatic rings. The molecule has 6 heteroatoms. The quantitative estimate of drug-likeness (QED) is 0.917. The van der Waals surface area contributed by atoms with Gasteiger partial charge in [-0.2, -0.15) is 5.26 Å². The summed E-state index contributed by atoms with van der Waals surface area (Å²) in [6.45, 7) is 2.20. The Morgan fingerprint density at radius 2 is 2.00 bits per heavy atom. The van der Waals surface area contributed by atoms with E-state index in [1.807, 2.05) is 19.1 Å². The number of anilines is 2. The highest BCUT2D eigenvalue weighted by Gasteiger charge is 2.35. The smallest absolute Gasteiger partial charge is 0.229 e. The van der Waals surface area contributed by atoms with E-state index in [4.69, 9.17) is 16.9 Å². The van der Waals surface area contributed by atoms with Gasteiger partial charge in [-0.15, -0.1) is 0 Å². The van der Waals surface area contributed by atoms with Crippen LogP contribution < -0.4 is 10.2 Å². The summed E-state index contributed by atoms with van der Waals surface area (Å²) >= 11 is 6.07. The first-order valence-corrected chi connectivity index (χ1v) is 8.23. The Morgan fingerprint density at radius 1 is 1.28 bits per heavy atom. The largest absolute Gasteiger partial charge is 0.326 e. The molecule has 0 spiro atoms. The van der Waals surface area contributed by atoms with Crippen LogP contribution in [-0.2, 0) is 9.59 Å². The molecular formula is C19H16ClN3O2. The summed E-state index contributed by atoms with van der Waals surface area (Å²) in [6, 6.07) is 14.1. The summed E-state index contributed by atoms with van der Waals surface area (Å²) in [7, 11) is 0. The Hall–Kier alpha value is -2.84. The lowest BCUT2D eigenvalue weighted by Crippen LogP contribution is -2.28. The maximum atomic E-state index is 12.5. The fraction of sp³-hybridized carbons (Fsp3) is 0.211. The van der Waals surface area contributed by atoms with Gasteiger partial charge in [-0.05, 0) is 48.9 Å². The van der Waals surface area contributed by atoms with E-state index in [1.165, 1.54) is 0 Å². The molecule has 1 fully saturated rings. The van der Waals surface area contributed by atoms with Crippen LogP contribution in [0.3, 0.4) is 0 Å². The van der Waals surface area contributed by atoms with Crippen LogP contribution in [0.2, 0.25) is 5.02 Å². The van der Waals surface area contributed by atoms with Crippen LogP contribution in [0.5, 0.6) is 0 Å². The average Bonchev–Trinajstić information content (AvgIpc) is 3.00. The van der Waals surface area contributed by atoms with Crippen molar-refractivity contribution in [2.24, 2.45) is 5.92 Å². The van der Waals surface area contributed by atoms with Gasteiger partial charge in [0.1, 0.15) is 0 Å². The highest BCUT2D eigenvalue weighted by atomic mass is 35.5. The summed E-state index contributed by atoms with van der Waals surface area (Å²) in [5.74, 6) is -0.737. The zero-order chi connectivity index (χ0) is 18.0. The number of nitrogens with zero attached hydrogens (tertiary/aromatic N) is 2. The van der Waals surface area contributed by atoms with Crippen molar-refractivity contribution in [3.8, 4) is 6.07 Å². The van der Waals surface area contributed by atoms with Gasteiger partial charge in [0.05, 0.1) is 17.6 Å². The highest BCUT2D eigenvalue weighted by molar-refractivity contribution is 6.31. The van der Waals surface area contributed by atoms with Crippen molar-refractivity contribution in [1.82, 2.24) is 0 Å². The highest BCUT2D eigenvalue weighted by Crippen LogP contribution is 2.27. The lowest BCUT2D eigenvalue weighted by atomic mass is 10.1. The first-order valence-electron chi connectivity index (χ1n) is 7.85. The number of nitriles is 1. The number of benzene rings is 2. The SMILES string of the molecule is Cc1ccc(NC(=O)C2CC(=O)N(c3ccc(C#N)cc3)C2)cc1Cl. The van der Waals surface area contributed by atoms with Gasteiger partial charge in [0.15, 0.2) is 0 Å². The standard InChI is InChI=1S/C19H16ClN3O2/c1-12-2-5-15(9-17(12)20)22-19(25)14-8-18(24)23(11-14)16-6-3-13(10-21)4-7-16/h2-7,9,14H,8,11H2,1H3,(H,22,25). The lowest BCUT2D eigenvalue weighted by molar-refractivity contribution is -0.122. The van der Waals surface area contributed by atoms with Crippen LogP contribution in [0.15, 0.2) is 42.5 Å². The normalized spacial score (nSPS) is 16.6. The Bertz CT molecular complexity index is 871. The van der Waals surface area contributed by atoms with Crippen LogP contribution >= 0.6 is 11.6 Å². The minimum atomic E-state index is -0.428. The molecule has 0 saturated carbocycles. The maximum absolute atomic E-state index is 12.5. The van der Waals surface area contributed by atoms with Crippen molar-refractivity contribution in [3.05, 3.63) is 58.6 Å². The van der Waals surface area contributed by atoms with Gasteiger partial charge >= 0.3 is 0 Å². The maximum Gasteiger partial charge on any atom is 0.229 e. The van der Waals surface area contributed by atoms with Crippen LogP contribution in [0, 0.1) is 24.2 Å². The van der Waals surface area contributed by atoms with E-state index < -0.39 is 5.92 Å². The van der Waals surface area contributed by atoms with Crippen molar-refractivity contribution in [3.63, 3.8) is 0 Å². The van der Waals surface area contributed by atoms with E-state index in [-0.39, 0.29) is 18.2 Å². The van der Waals surface area contributed by atoms with Crippen molar-refractivity contribution in [1.29, 1.82) is 5.26 Å². The second-order valence-corrected chi connectivity index (χ2v) is 6.42. The number of hydrogen-bond acceptors (Lipinski definition) is 3. The van der Waals surface area contributed by atoms with Crippen molar-refractivity contribution in [2.45, 2.75) is 13.3 Å². The Morgan fingerprint density at radius 3 is 2.64 bits per heavy atom. The Kier molecular flexibility index (Phi) is 4.73. The topological polar surface area (TPSA) is 73.2 Å². The molecule has 2 amide bonds. The molecule has 2 aromatic carbocycles. The van der Waals surface area contributed by atoms with Gasteiger partial charge in [0, 0.05) is 29.4 Å². The first-order chi connectivity index (χ1) is 12.0. The van der Waals surface area contributed by atoms with Gasteiger partial charge in [-0.25, -0.2) is 0 Å². The van der Waals surface area contributed by atoms with Gasteiger partial charge in [0.25, 0.3) is 0 Å². The number of carbonyl (C=O) groups is 2. The van der Waals surface area contributed by atoms with E-state index >= 15 is 0 Å². The molecule has 126 valence electrons. The molecule has 1 heterocycles. The number of amides is 2. The number of aryl methyl sites for hydroxylation is 1. The van der Waals surface area contributed by atoms with Gasteiger partial charge in [-0.3, -0.25) is 9.59 Å². The predicted octanol–water partition coefficient (Wildman–Crippen LogP) is 3.51. The minimum Gasteiger partial charge on any atom is -0.326 e. The molecule has 25 heavy (non-hydrogen) atoms. The fourth-order valence-corrected chi connectivity index (χ4v) is 2.94. The van der Waals surface area contributed by atoms with E-state index in [2.05, 4.69) is 5.32 Å². The third-order valence-corrected chi connectivity index (χ3v) is 4.65. The molecule has 5 nitrogen and oxygen atoms in total. The summed E-state index contributed by atoms with van der Waals surface area (Å²) in [5.41, 5.74) is 2.77. The molecule has 1 saturated heterocycles. The van der Waals surface area contributed by atoms with Gasteiger partial charge in [-0.1, -0.05) is 17.7 Å². The third-order valence-electron chi connectivity index (χ3n) is 4.24. The summed E-state index contributed by atoms with van der Waals surface area (Å²) in [6.07, 6.45) is 0.158. The molecule has 0 bridgehead atoms. The van der Waals surface area contributed by atoms with Crippen LogP contribution in [-0.4, -0.2) is 18.4 Å². The first kappa shape index (κ1) is 17.0. The lowest BCUT2D eigenvalue weighted by Gasteiger charge is -2.17. The Balaban J connectivity index is 1.69. The molecular weight excluding hydrogens is 338 g/mol. The van der Waals surface area contributed by atoms with Crippen LogP contribution in [0.4, 0.5) is 11.4 Å². The molecule has 1 aliphatic heterocycles. The molecule has 0 radical (unpaired) electrons. The van der Waals surface area contributed by atoms with E-state index in [0.717, 1.165) is 5.56 Å². The van der Waals surface area contributed by atoms with Crippen molar-refractivity contribution in [2.75, 3.05) is 16.8 Å². The van der Waals surface area contributed by atoms with Gasteiger partial charge in [0.2, 0.25) is 11.8 Å². The zero-order valence-corrected chi connectivity index (χ0v) is 14.4. The molecule has 3 rings (SSSR count). The number of halogens is 1. The van der Waals surface area contributed by atoms with E-state index in [1.54, 1.807) is 41.3 Å². The number of nitrogens with one attached hydrogen (secondary N) is 1. The van der Waals surface area contributed by atoms with Gasteiger partial charge < -0.3 is 10.2 Å².